The third-order valence-corrected chi connectivity index (χ3v) is 5.35. The van der Waals surface area contributed by atoms with Crippen LogP contribution in [0.5, 0.6) is 0 Å². The lowest BCUT2D eigenvalue weighted by atomic mass is 9.87. The summed E-state index contributed by atoms with van der Waals surface area (Å²) in [7, 11) is 0. The summed E-state index contributed by atoms with van der Waals surface area (Å²) < 4.78 is 2.98. The predicted octanol–water partition coefficient (Wildman–Crippen LogP) is 4.39. The molecule has 5 heteroatoms. The van der Waals surface area contributed by atoms with Crippen molar-refractivity contribution in [3.63, 3.8) is 0 Å². The fraction of sp³-hybridized carbons (Fsp3) is 0.412. The number of aromatic amines is 1. The van der Waals surface area contributed by atoms with Gasteiger partial charge in [0, 0.05) is 15.9 Å². The second-order valence-electron chi connectivity index (χ2n) is 6.40. The number of aromatic nitrogens is 3. The summed E-state index contributed by atoms with van der Waals surface area (Å²) in [6.45, 7) is 2.30. The van der Waals surface area contributed by atoms with Gasteiger partial charge in [0.1, 0.15) is 0 Å². The zero-order valence-corrected chi connectivity index (χ0v) is 14.1. The van der Waals surface area contributed by atoms with Crippen LogP contribution in [0.25, 0.3) is 21.9 Å². The van der Waals surface area contributed by atoms with Crippen molar-refractivity contribution < 1.29 is 0 Å². The van der Waals surface area contributed by atoms with Crippen LogP contribution in [0.3, 0.4) is 0 Å². The molecular formula is C17H18BrN3O. The number of rotatable bonds is 1. The van der Waals surface area contributed by atoms with Gasteiger partial charge >= 0.3 is 5.69 Å². The second-order valence-corrected chi connectivity index (χ2v) is 7.31. The Morgan fingerprint density at radius 3 is 2.82 bits per heavy atom. The van der Waals surface area contributed by atoms with E-state index < -0.39 is 0 Å². The highest BCUT2D eigenvalue weighted by Gasteiger charge is 2.24. The number of imidazole rings is 1. The Kier molecular flexibility index (Phi) is 3.33. The molecule has 1 aliphatic carbocycles. The highest BCUT2D eigenvalue weighted by Crippen LogP contribution is 2.34. The first-order chi connectivity index (χ1) is 10.6. The molecule has 2 aromatic heterocycles. The zero-order valence-electron chi connectivity index (χ0n) is 12.5. The average Bonchev–Trinajstić information content (AvgIpc) is 2.84. The van der Waals surface area contributed by atoms with E-state index in [-0.39, 0.29) is 5.69 Å². The van der Waals surface area contributed by atoms with E-state index in [2.05, 4.69) is 38.9 Å². The van der Waals surface area contributed by atoms with Crippen molar-refractivity contribution in [1.82, 2.24) is 14.5 Å². The molecule has 0 unspecified atom stereocenters. The van der Waals surface area contributed by atoms with Crippen LogP contribution in [0.1, 0.15) is 38.6 Å². The number of hydrogen-bond acceptors (Lipinski definition) is 2. The molecule has 0 atom stereocenters. The summed E-state index contributed by atoms with van der Waals surface area (Å²) in [5.41, 5.74) is 2.74. The smallest absolute Gasteiger partial charge is 0.304 e. The maximum atomic E-state index is 12.5. The maximum absolute atomic E-state index is 12.5. The molecule has 4 rings (SSSR count). The molecule has 1 aliphatic rings. The molecule has 1 aromatic carbocycles. The van der Waals surface area contributed by atoms with Crippen LogP contribution in [-0.4, -0.2) is 14.5 Å². The minimum Gasteiger partial charge on any atom is -0.304 e. The minimum atomic E-state index is -0.0103. The summed E-state index contributed by atoms with van der Waals surface area (Å²) in [5.74, 6) is 0.768. The fourth-order valence-corrected chi connectivity index (χ4v) is 3.99. The van der Waals surface area contributed by atoms with Gasteiger partial charge in [-0.15, -0.1) is 0 Å². The van der Waals surface area contributed by atoms with E-state index >= 15 is 0 Å². The molecule has 0 spiro atoms. The summed E-state index contributed by atoms with van der Waals surface area (Å²) in [6, 6.07) is 6.32. The van der Waals surface area contributed by atoms with Gasteiger partial charge in [-0.3, -0.25) is 9.55 Å². The van der Waals surface area contributed by atoms with E-state index in [0.29, 0.717) is 6.04 Å². The standard InChI is InChI=1S/C17H18BrN3O/c1-10-2-5-12(6-3-10)21-16-13-8-11(18)4-7-14(13)19-9-15(16)20-17(21)22/h4,7-10,12H,2-3,5-6H2,1H3,(H,20,22)/t10-,12+. The number of halogens is 1. The second kappa shape index (κ2) is 5.23. The normalized spacial score (nSPS) is 22.5. The topological polar surface area (TPSA) is 50.7 Å². The van der Waals surface area contributed by atoms with Crippen LogP contribution in [0.15, 0.2) is 33.7 Å². The third-order valence-electron chi connectivity index (χ3n) is 4.85. The number of fused-ring (bicyclic) bond motifs is 3. The number of pyridine rings is 1. The molecule has 2 heterocycles. The van der Waals surface area contributed by atoms with E-state index in [4.69, 9.17) is 0 Å². The molecule has 114 valence electrons. The monoisotopic (exact) mass is 359 g/mol. The highest BCUT2D eigenvalue weighted by atomic mass is 79.9. The van der Waals surface area contributed by atoms with Crippen LogP contribution >= 0.6 is 15.9 Å². The van der Waals surface area contributed by atoms with Gasteiger partial charge in [0.15, 0.2) is 0 Å². The summed E-state index contributed by atoms with van der Waals surface area (Å²) in [6.07, 6.45) is 6.31. The molecule has 1 fully saturated rings. The Morgan fingerprint density at radius 1 is 1.27 bits per heavy atom. The van der Waals surface area contributed by atoms with Crippen molar-refractivity contribution in [2.75, 3.05) is 0 Å². The molecule has 1 saturated carbocycles. The summed E-state index contributed by atoms with van der Waals surface area (Å²) >= 11 is 3.53. The first kappa shape index (κ1) is 14.0. The minimum absolute atomic E-state index is 0.0103. The predicted molar refractivity (Wildman–Crippen MR) is 92.2 cm³/mol. The lowest BCUT2D eigenvalue weighted by Gasteiger charge is -2.27. The third kappa shape index (κ3) is 2.19. The van der Waals surface area contributed by atoms with Crippen LogP contribution in [-0.2, 0) is 0 Å². The van der Waals surface area contributed by atoms with Crippen molar-refractivity contribution in [3.8, 4) is 0 Å². The van der Waals surface area contributed by atoms with Gasteiger partial charge < -0.3 is 4.98 Å². The lowest BCUT2D eigenvalue weighted by Crippen LogP contribution is -2.25. The summed E-state index contributed by atoms with van der Waals surface area (Å²) in [5, 5.41) is 1.03. The summed E-state index contributed by atoms with van der Waals surface area (Å²) in [4.78, 5) is 20.0. The van der Waals surface area contributed by atoms with Crippen molar-refractivity contribution in [3.05, 3.63) is 39.4 Å². The van der Waals surface area contributed by atoms with Crippen molar-refractivity contribution in [2.24, 2.45) is 5.92 Å². The van der Waals surface area contributed by atoms with Crippen molar-refractivity contribution >= 4 is 37.9 Å². The molecular weight excluding hydrogens is 342 g/mol. The largest absolute Gasteiger partial charge is 0.326 e. The van der Waals surface area contributed by atoms with Gasteiger partial charge in [0.2, 0.25) is 0 Å². The SMILES string of the molecule is C[C@H]1CC[C@@H](n2c(=O)[nH]c3cnc4ccc(Br)cc4c32)CC1. The van der Waals surface area contributed by atoms with Crippen LogP contribution in [0.2, 0.25) is 0 Å². The van der Waals surface area contributed by atoms with Gasteiger partial charge in [-0.05, 0) is 49.8 Å². The molecule has 22 heavy (non-hydrogen) atoms. The maximum Gasteiger partial charge on any atom is 0.326 e. The molecule has 0 bridgehead atoms. The van der Waals surface area contributed by atoms with Crippen LogP contribution < -0.4 is 5.69 Å². The molecule has 0 aliphatic heterocycles. The molecule has 0 amide bonds. The molecule has 0 saturated heterocycles. The van der Waals surface area contributed by atoms with E-state index in [1.54, 1.807) is 6.20 Å². The van der Waals surface area contributed by atoms with Gasteiger partial charge in [-0.2, -0.15) is 0 Å². The van der Waals surface area contributed by atoms with Crippen molar-refractivity contribution in [1.29, 1.82) is 0 Å². The first-order valence-corrected chi connectivity index (χ1v) is 8.61. The molecule has 0 radical (unpaired) electrons. The number of hydrogen-bond donors (Lipinski definition) is 1. The number of nitrogens with one attached hydrogen (secondary N) is 1. The Labute approximate surface area is 136 Å². The number of H-pyrrole nitrogens is 1. The Hall–Kier alpha value is -1.62. The van der Waals surface area contributed by atoms with E-state index in [0.717, 1.165) is 45.2 Å². The number of benzene rings is 1. The molecule has 1 N–H and O–H groups in total. The Bertz CT molecular complexity index is 903. The van der Waals surface area contributed by atoms with Gasteiger partial charge in [0.25, 0.3) is 0 Å². The van der Waals surface area contributed by atoms with Gasteiger partial charge in [0.05, 0.1) is 22.7 Å². The van der Waals surface area contributed by atoms with Crippen molar-refractivity contribution in [2.45, 2.75) is 38.6 Å². The van der Waals surface area contributed by atoms with Crippen LogP contribution in [0.4, 0.5) is 0 Å². The van der Waals surface area contributed by atoms with E-state index in [9.17, 15) is 4.79 Å². The van der Waals surface area contributed by atoms with E-state index in [1.807, 2.05) is 16.7 Å². The quantitative estimate of drug-likeness (QED) is 0.700. The van der Waals surface area contributed by atoms with Gasteiger partial charge in [-0.25, -0.2) is 4.79 Å². The molecule has 4 nitrogen and oxygen atoms in total. The number of nitrogens with zero attached hydrogens (tertiary/aromatic N) is 2. The highest BCUT2D eigenvalue weighted by molar-refractivity contribution is 9.10. The fourth-order valence-electron chi connectivity index (χ4n) is 3.63. The average molecular weight is 360 g/mol. The Morgan fingerprint density at radius 2 is 2.05 bits per heavy atom. The molecule has 3 aromatic rings. The Balaban J connectivity index is 1.99. The zero-order chi connectivity index (χ0) is 15.3. The lowest BCUT2D eigenvalue weighted by molar-refractivity contribution is 0.290. The first-order valence-electron chi connectivity index (χ1n) is 7.82. The van der Waals surface area contributed by atoms with E-state index in [1.165, 1.54) is 12.8 Å². The van der Waals surface area contributed by atoms with Gasteiger partial charge in [-0.1, -0.05) is 22.9 Å². The van der Waals surface area contributed by atoms with Crippen LogP contribution in [0, 0.1) is 5.92 Å².